The Morgan fingerprint density at radius 3 is 2.33 bits per heavy atom. The lowest BCUT2D eigenvalue weighted by molar-refractivity contribution is -0.151. The second kappa shape index (κ2) is 2.67. The second-order valence-corrected chi connectivity index (χ2v) is 2.67. The van der Waals surface area contributed by atoms with E-state index in [-0.39, 0.29) is 5.41 Å². The molecule has 0 amide bonds. The van der Waals surface area contributed by atoms with E-state index in [4.69, 9.17) is 9.47 Å². The molecule has 2 heteroatoms. The molecule has 0 atom stereocenters. The van der Waals surface area contributed by atoms with E-state index in [1.54, 1.807) is 0 Å². The Morgan fingerprint density at radius 1 is 1.44 bits per heavy atom. The summed E-state index contributed by atoms with van der Waals surface area (Å²) in [6.07, 6.45) is 1.02. The molecule has 1 rings (SSSR count). The fourth-order valence-corrected chi connectivity index (χ4v) is 0.821. The molecule has 53 valence electrons. The van der Waals surface area contributed by atoms with Gasteiger partial charge in [0.25, 0.3) is 0 Å². The lowest BCUT2D eigenvalue weighted by atomic mass is 9.89. The summed E-state index contributed by atoms with van der Waals surface area (Å²) in [6.45, 7) is 8.02. The lowest BCUT2D eigenvalue weighted by Crippen LogP contribution is -2.34. The maximum Gasteiger partial charge on any atom is 0.146 e. The van der Waals surface area contributed by atoms with Crippen molar-refractivity contribution in [2.24, 2.45) is 5.41 Å². The molecule has 0 aromatic rings. The van der Waals surface area contributed by atoms with Crippen LogP contribution in [0.2, 0.25) is 0 Å². The summed E-state index contributed by atoms with van der Waals surface area (Å²) in [4.78, 5) is 0. The molecule has 0 aliphatic carbocycles. The average molecular weight is 129 g/mol. The summed E-state index contributed by atoms with van der Waals surface area (Å²) < 4.78 is 10.2. The largest absolute Gasteiger partial charge is 0.355 e. The molecule has 1 saturated heterocycles. The minimum atomic E-state index is 0.0260. The van der Waals surface area contributed by atoms with Crippen LogP contribution < -0.4 is 0 Å². The summed E-state index contributed by atoms with van der Waals surface area (Å²) in [5.41, 5.74) is 0.0260. The standard InChI is InChI=1S/C7H13O2/c1-3-7(2)4-8-6-9-5-7/h2-6H2,1H3. The topological polar surface area (TPSA) is 18.5 Å². The molecule has 1 aliphatic rings. The first-order chi connectivity index (χ1) is 4.27. The predicted molar refractivity (Wildman–Crippen MR) is 34.9 cm³/mol. The molecule has 0 aromatic heterocycles. The SMILES string of the molecule is [CH2]C1(CC)COCOC1. The van der Waals surface area contributed by atoms with Crippen LogP contribution in [0.25, 0.3) is 0 Å². The van der Waals surface area contributed by atoms with Gasteiger partial charge in [0.1, 0.15) is 6.79 Å². The highest BCUT2D eigenvalue weighted by Crippen LogP contribution is 2.23. The van der Waals surface area contributed by atoms with E-state index in [1.807, 2.05) is 0 Å². The molecule has 0 saturated carbocycles. The third-order valence-corrected chi connectivity index (χ3v) is 1.73. The van der Waals surface area contributed by atoms with Crippen LogP contribution in [0.1, 0.15) is 13.3 Å². The van der Waals surface area contributed by atoms with E-state index < -0.39 is 0 Å². The molecule has 1 aliphatic heterocycles. The minimum absolute atomic E-state index is 0.0260. The van der Waals surface area contributed by atoms with Crippen LogP contribution in [-0.2, 0) is 9.47 Å². The Hall–Kier alpha value is -0.0800. The molecule has 1 fully saturated rings. The Morgan fingerprint density at radius 2 is 2.00 bits per heavy atom. The Labute approximate surface area is 56.2 Å². The molecular formula is C7H13O2. The number of hydrogen-bond donors (Lipinski definition) is 0. The fourth-order valence-electron chi connectivity index (χ4n) is 0.821. The van der Waals surface area contributed by atoms with E-state index in [0.717, 1.165) is 19.6 Å². The Bertz CT molecular complexity index is 84.9. The van der Waals surface area contributed by atoms with Gasteiger partial charge in [-0.25, -0.2) is 0 Å². The molecule has 0 aromatic carbocycles. The fraction of sp³-hybridized carbons (Fsp3) is 0.857. The normalized spacial score (nSPS) is 26.0. The first kappa shape index (κ1) is 7.03. The van der Waals surface area contributed by atoms with Crippen LogP contribution in [0, 0.1) is 12.3 Å². The van der Waals surface area contributed by atoms with Gasteiger partial charge < -0.3 is 9.47 Å². The van der Waals surface area contributed by atoms with Crippen molar-refractivity contribution in [1.82, 2.24) is 0 Å². The zero-order chi connectivity index (χ0) is 6.74. The van der Waals surface area contributed by atoms with Gasteiger partial charge in [-0.05, 0) is 13.3 Å². The molecule has 2 nitrogen and oxygen atoms in total. The van der Waals surface area contributed by atoms with Crippen molar-refractivity contribution in [3.05, 3.63) is 6.92 Å². The number of ether oxygens (including phenoxy) is 2. The molecule has 1 heterocycles. The van der Waals surface area contributed by atoms with Crippen molar-refractivity contribution in [3.63, 3.8) is 0 Å². The van der Waals surface area contributed by atoms with Crippen LogP contribution >= 0.6 is 0 Å². The van der Waals surface area contributed by atoms with Crippen molar-refractivity contribution in [1.29, 1.82) is 0 Å². The Kier molecular flexibility index (Phi) is 2.09. The smallest absolute Gasteiger partial charge is 0.146 e. The molecular weight excluding hydrogens is 116 g/mol. The van der Waals surface area contributed by atoms with Crippen LogP contribution in [0.15, 0.2) is 0 Å². The van der Waals surface area contributed by atoms with Gasteiger partial charge in [0.15, 0.2) is 0 Å². The highest BCUT2D eigenvalue weighted by molar-refractivity contribution is 4.80. The van der Waals surface area contributed by atoms with Crippen LogP contribution in [0.3, 0.4) is 0 Å². The van der Waals surface area contributed by atoms with Gasteiger partial charge in [-0.2, -0.15) is 0 Å². The molecule has 0 spiro atoms. The van der Waals surface area contributed by atoms with Gasteiger partial charge in [-0.15, -0.1) is 0 Å². The summed E-state index contributed by atoms with van der Waals surface area (Å²) in [7, 11) is 0. The zero-order valence-corrected chi connectivity index (χ0v) is 5.85. The first-order valence-corrected chi connectivity index (χ1v) is 3.28. The molecule has 0 unspecified atom stereocenters. The van der Waals surface area contributed by atoms with Crippen molar-refractivity contribution >= 4 is 0 Å². The van der Waals surface area contributed by atoms with Gasteiger partial charge in [0, 0.05) is 5.41 Å². The third-order valence-electron chi connectivity index (χ3n) is 1.73. The van der Waals surface area contributed by atoms with Gasteiger partial charge in [-0.1, -0.05) is 6.92 Å². The van der Waals surface area contributed by atoms with Crippen molar-refractivity contribution in [2.45, 2.75) is 13.3 Å². The maximum atomic E-state index is 5.09. The van der Waals surface area contributed by atoms with Gasteiger partial charge in [0.2, 0.25) is 0 Å². The summed E-state index contributed by atoms with van der Waals surface area (Å²) in [6, 6.07) is 0. The van der Waals surface area contributed by atoms with E-state index in [9.17, 15) is 0 Å². The number of hydrogen-bond acceptors (Lipinski definition) is 2. The van der Waals surface area contributed by atoms with E-state index in [1.165, 1.54) is 0 Å². The zero-order valence-electron chi connectivity index (χ0n) is 5.85. The first-order valence-electron chi connectivity index (χ1n) is 3.28. The summed E-state index contributed by atoms with van der Waals surface area (Å²) in [5.74, 6) is 0. The van der Waals surface area contributed by atoms with Crippen LogP contribution in [0.5, 0.6) is 0 Å². The molecule has 0 bridgehead atoms. The van der Waals surface area contributed by atoms with Crippen molar-refractivity contribution < 1.29 is 9.47 Å². The minimum Gasteiger partial charge on any atom is -0.355 e. The van der Waals surface area contributed by atoms with Gasteiger partial charge in [0.05, 0.1) is 13.2 Å². The van der Waals surface area contributed by atoms with Crippen molar-refractivity contribution in [3.8, 4) is 0 Å². The van der Waals surface area contributed by atoms with E-state index >= 15 is 0 Å². The Balaban J connectivity index is 2.37. The van der Waals surface area contributed by atoms with E-state index in [0.29, 0.717) is 6.79 Å². The molecule has 0 N–H and O–H groups in total. The number of rotatable bonds is 1. The highest BCUT2D eigenvalue weighted by atomic mass is 16.7. The average Bonchev–Trinajstić information content (AvgIpc) is 1.90. The monoisotopic (exact) mass is 129 g/mol. The maximum absolute atomic E-state index is 5.09. The van der Waals surface area contributed by atoms with Crippen molar-refractivity contribution in [2.75, 3.05) is 20.0 Å². The highest BCUT2D eigenvalue weighted by Gasteiger charge is 2.25. The summed E-state index contributed by atoms with van der Waals surface area (Å²) in [5, 5.41) is 0. The predicted octanol–water partition coefficient (Wildman–Crippen LogP) is 1.22. The van der Waals surface area contributed by atoms with Crippen LogP contribution in [-0.4, -0.2) is 20.0 Å². The van der Waals surface area contributed by atoms with Gasteiger partial charge in [-0.3, -0.25) is 0 Å². The molecule has 9 heavy (non-hydrogen) atoms. The summed E-state index contributed by atoms with van der Waals surface area (Å²) >= 11 is 0. The second-order valence-electron chi connectivity index (χ2n) is 2.67. The van der Waals surface area contributed by atoms with Crippen LogP contribution in [0.4, 0.5) is 0 Å². The van der Waals surface area contributed by atoms with E-state index in [2.05, 4.69) is 13.8 Å². The lowest BCUT2D eigenvalue weighted by Gasteiger charge is -2.31. The third kappa shape index (κ3) is 1.66. The quantitative estimate of drug-likeness (QED) is 0.530. The van der Waals surface area contributed by atoms with Gasteiger partial charge >= 0.3 is 0 Å². The molecule has 1 radical (unpaired) electrons.